The highest BCUT2D eigenvalue weighted by Crippen LogP contribution is 2.27. The molecule has 0 aliphatic carbocycles. The van der Waals surface area contributed by atoms with E-state index in [-0.39, 0.29) is 18.5 Å². The fourth-order valence-corrected chi connectivity index (χ4v) is 2.89. The molecule has 0 aliphatic rings. The van der Waals surface area contributed by atoms with Gasteiger partial charge in [-0.15, -0.1) is 10.2 Å². The molecule has 1 heterocycles. The number of rotatable bonds is 6. The highest BCUT2D eigenvalue weighted by Gasteiger charge is 2.24. The lowest BCUT2D eigenvalue weighted by atomic mass is 10.1. The quantitative estimate of drug-likeness (QED) is 0.627. The smallest absolute Gasteiger partial charge is 0.258 e. The Kier molecular flexibility index (Phi) is 5.76. The Labute approximate surface area is 162 Å². The highest BCUT2D eigenvalue weighted by molar-refractivity contribution is 6.33. The van der Waals surface area contributed by atoms with Crippen LogP contribution in [-0.2, 0) is 6.54 Å². The largest absolute Gasteiger partial charge is 0.496 e. The van der Waals surface area contributed by atoms with Gasteiger partial charge in [0.1, 0.15) is 5.75 Å². The second-order valence-electron chi connectivity index (χ2n) is 6.21. The molecule has 0 radical (unpaired) electrons. The molecule has 27 heavy (non-hydrogen) atoms. The van der Waals surface area contributed by atoms with Gasteiger partial charge in [-0.2, -0.15) is 0 Å². The third-order valence-electron chi connectivity index (χ3n) is 4.10. The summed E-state index contributed by atoms with van der Waals surface area (Å²) in [4.78, 5) is 14.7. The maximum absolute atomic E-state index is 13.0. The lowest BCUT2D eigenvalue weighted by Crippen LogP contribution is -2.36. The molecule has 0 unspecified atom stereocenters. The van der Waals surface area contributed by atoms with Gasteiger partial charge in [0.15, 0.2) is 0 Å². The Morgan fingerprint density at radius 1 is 1.15 bits per heavy atom. The zero-order chi connectivity index (χ0) is 19.4. The van der Waals surface area contributed by atoms with Gasteiger partial charge in [-0.1, -0.05) is 35.9 Å². The average Bonchev–Trinajstić information content (AvgIpc) is 3.14. The zero-order valence-electron chi connectivity index (χ0n) is 15.3. The zero-order valence-corrected chi connectivity index (χ0v) is 16.1. The van der Waals surface area contributed by atoms with Gasteiger partial charge in [-0.25, -0.2) is 0 Å². The van der Waals surface area contributed by atoms with E-state index in [0.29, 0.717) is 33.7 Å². The number of hydrogen-bond acceptors (Lipinski definition) is 5. The van der Waals surface area contributed by atoms with E-state index in [0.717, 1.165) is 0 Å². The molecule has 6 nitrogen and oxygen atoms in total. The summed E-state index contributed by atoms with van der Waals surface area (Å²) in [6.07, 6.45) is 0. The fourth-order valence-electron chi connectivity index (χ4n) is 2.67. The molecule has 0 spiro atoms. The van der Waals surface area contributed by atoms with E-state index in [1.54, 1.807) is 42.3 Å². The molecule has 0 atom stereocenters. The summed E-state index contributed by atoms with van der Waals surface area (Å²) in [5.41, 5.74) is 1.14. The number of amides is 1. The first-order valence-corrected chi connectivity index (χ1v) is 8.90. The van der Waals surface area contributed by atoms with E-state index >= 15 is 0 Å². The molecule has 0 saturated heterocycles. The van der Waals surface area contributed by atoms with Crippen molar-refractivity contribution in [3.63, 3.8) is 0 Å². The van der Waals surface area contributed by atoms with Crippen LogP contribution in [0, 0.1) is 0 Å². The minimum Gasteiger partial charge on any atom is -0.496 e. The van der Waals surface area contributed by atoms with Crippen molar-refractivity contribution >= 4 is 17.5 Å². The van der Waals surface area contributed by atoms with E-state index in [4.69, 9.17) is 20.8 Å². The van der Waals surface area contributed by atoms with Gasteiger partial charge >= 0.3 is 0 Å². The van der Waals surface area contributed by atoms with Gasteiger partial charge < -0.3 is 14.1 Å². The van der Waals surface area contributed by atoms with E-state index in [1.165, 1.54) is 0 Å². The van der Waals surface area contributed by atoms with Gasteiger partial charge in [0.2, 0.25) is 11.8 Å². The summed E-state index contributed by atoms with van der Waals surface area (Å²) in [5, 5.41) is 8.66. The molecule has 3 aromatic rings. The Morgan fingerprint density at radius 3 is 2.56 bits per heavy atom. The number of benzene rings is 2. The summed E-state index contributed by atoms with van der Waals surface area (Å²) in [6.45, 7) is 4.04. The number of hydrogen-bond donors (Lipinski definition) is 0. The fraction of sp³-hybridized carbons (Fsp3) is 0.250. The van der Waals surface area contributed by atoms with Crippen LogP contribution in [0.25, 0.3) is 11.5 Å². The van der Waals surface area contributed by atoms with Crippen molar-refractivity contribution in [2.45, 2.75) is 26.4 Å². The lowest BCUT2D eigenvalue weighted by Gasteiger charge is -2.26. The third-order valence-corrected chi connectivity index (χ3v) is 4.43. The molecule has 7 heteroatoms. The molecule has 1 aromatic heterocycles. The molecule has 0 N–H and O–H groups in total. The van der Waals surface area contributed by atoms with Crippen molar-refractivity contribution in [2.75, 3.05) is 7.11 Å². The average molecular weight is 386 g/mol. The second kappa shape index (κ2) is 8.22. The summed E-state index contributed by atoms with van der Waals surface area (Å²) < 4.78 is 11.1. The SMILES string of the molecule is COc1ccccc1C(=O)N(Cc1nnc(-c2ccccc2Cl)o1)C(C)C. The first-order chi connectivity index (χ1) is 13.0. The Balaban J connectivity index is 1.86. The Morgan fingerprint density at radius 2 is 1.85 bits per heavy atom. The molecule has 2 aromatic carbocycles. The minimum absolute atomic E-state index is 0.0712. The summed E-state index contributed by atoms with van der Waals surface area (Å²) in [5.74, 6) is 1.02. The minimum atomic E-state index is -0.167. The number of aromatic nitrogens is 2. The highest BCUT2D eigenvalue weighted by atomic mass is 35.5. The Hall–Kier alpha value is -2.86. The van der Waals surface area contributed by atoms with Crippen molar-refractivity contribution in [3.8, 4) is 17.2 Å². The van der Waals surface area contributed by atoms with Crippen molar-refractivity contribution in [2.24, 2.45) is 0 Å². The first-order valence-electron chi connectivity index (χ1n) is 8.52. The number of carbonyl (C=O) groups excluding carboxylic acids is 1. The molecular formula is C20H20ClN3O3. The monoisotopic (exact) mass is 385 g/mol. The van der Waals surface area contributed by atoms with Crippen LogP contribution in [0.1, 0.15) is 30.1 Å². The molecule has 0 bridgehead atoms. The van der Waals surface area contributed by atoms with Crippen molar-refractivity contribution < 1.29 is 13.9 Å². The predicted molar refractivity (Wildman–Crippen MR) is 103 cm³/mol. The molecule has 1 amide bonds. The normalized spacial score (nSPS) is 10.9. The number of methoxy groups -OCH3 is 1. The van der Waals surface area contributed by atoms with E-state index in [1.807, 2.05) is 32.0 Å². The predicted octanol–water partition coefficient (Wildman–Crippen LogP) is 4.45. The van der Waals surface area contributed by atoms with Crippen LogP contribution >= 0.6 is 11.6 Å². The van der Waals surface area contributed by atoms with Gasteiger partial charge in [-0.05, 0) is 38.1 Å². The van der Waals surface area contributed by atoms with Gasteiger partial charge in [-0.3, -0.25) is 4.79 Å². The maximum atomic E-state index is 13.0. The summed E-state index contributed by atoms with van der Waals surface area (Å²) >= 11 is 6.18. The van der Waals surface area contributed by atoms with Crippen LogP contribution < -0.4 is 4.74 Å². The molecule has 140 valence electrons. The van der Waals surface area contributed by atoms with Crippen molar-refractivity contribution in [1.29, 1.82) is 0 Å². The van der Waals surface area contributed by atoms with Crippen LogP contribution in [0.3, 0.4) is 0 Å². The number of halogens is 1. The topological polar surface area (TPSA) is 68.5 Å². The third kappa shape index (κ3) is 4.11. The van der Waals surface area contributed by atoms with E-state index in [2.05, 4.69) is 10.2 Å². The van der Waals surface area contributed by atoms with Crippen molar-refractivity contribution in [3.05, 3.63) is 65.0 Å². The second-order valence-corrected chi connectivity index (χ2v) is 6.62. The van der Waals surface area contributed by atoms with Crippen LogP contribution in [0.4, 0.5) is 0 Å². The molecular weight excluding hydrogens is 366 g/mol. The van der Waals surface area contributed by atoms with Gasteiger partial charge in [0, 0.05) is 6.04 Å². The van der Waals surface area contributed by atoms with E-state index < -0.39 is 0 Å². The number of nitrogens with zero attached hydrogens (tertiary/aromatic N) is 3. The summed E-state index contributed by atoms with van der Waals surface area (Å²) in [6, 6.07) is 14.3. The first kappa shape index (κ1) is 18.9. The van der Waals surface area contributed by atoms with Gasteiger partial charge in [0.25, 0.3) is 5.91 Å². The van der Waals surface area contributed by atoms with Crippen LogP contribution in [-0.4, -0.2) is 34.2 Å². The molecule has 0 fully saturated rings. The number of para-hydroxylation sites is 1. The van der Waals surface area contributed by atoms with Crippen molar-refractivity contribution in [1.82, 2.24) is 15.1 Å². The Bertz CT molecular complexity index is 939. The van der Waals surface area contributed by atoms with E-state index in [9.17, 15) is 4.79 Å². The maximum Gasteiger partial charge on any atom is 0.258 e. The van der Waals surface area contributed by atoms with Crippen LogP contribution in [0.15, 0.2) is 52.9 Å². The summed E-state index contributed by atoms with van der Waals surface area (Å²) in [7, 11) is 1.54. The lowest BCUT2D eigenvalue weighted by molar-refractivity contribution is 0.0669. The molecule has 3 rings (SSSR count). The number of carbonyl (C=O) groups is 1. The molecule has 0 aliphatic heterocycles. The van der Waals surface area contributed by atoms with Crippen LogP contribution in [0.2, 0.25) is 5.02 Å². The van der Waals surface area contributed by atoms with Crippen LogP contribution in [0.5, 0.6) is 5.75 Å². The number of ether oxygens (including phenoxy) is 1. The molecule has 0 saturated carbocycles. The van der Waals surface area contributed by atoms with Gasteiger partial charge in [0.05, 0.1) is 29.8 Å². The standard InChI is InChI=1S/C20H20ClN3O3/c1-13(2)24(20(25)15-9-5-7-11-17(15)26-3)12-18-22-23-19(27-18)14-8-4-6-10-16(14)21/h4-11,13H,12H2,1-3H3.